The SMILES string of the molecule is Cc1ccc(-c2ccc(CC#N)c(=O)n2CC(C)C)cc1. The topological polar surface area (TPSA) is 45.8 Å². The number of rotatable bonds is 4. The molecule has 0 aliphatic heterocycles. The van der Waals surface area contributed by atoms with Gasteiger partial charge in [0.15, 0.2) is 0 Å². The predicted molar refractivity (Wildman–Crippen MR) is 85.0 cm³/mol. The number of pyridine rings is 1. The van der Waals surface area contributed by atoms with Crippen molar-refractivity contribution in [2.45, 2.75) is 33.7 Å². The zero-order chi connectivity index (χ0) is 15.4. The lowest BCUT2D eigenvalue weighted by Crippen LogP contribution is -2.26. The molecule has 1 aromatic carbocycles. The van der Waals surface area contributed by atoms with Gasteiger partial charge in [-0.1, -0.05) is 49.7 Å². The highest BCUT2D eigenvalue weighted by Gasteiger charge is 2.11. The summed E-state index contributed by atoms with van der Waals surface area (Å²) in [6.45, 7) is 6.87. The first kappa shape index (κ1) is 15.1. The van der Waals surface area contributed by atoms with E-state index in [1.807, 2.05) is 37.3 Å². The summed E-state index contributed by atoms with van der Waals surface area (Å²) in [5.74, 6) is 0.365. The van der Waals surface area contributed by atoms with Gasteiger partial charge < -0.3 is 4.57 Å². The Bertz CT molecular complexity index is 718. The second-order valence-electron chi connectivity index (χ2n) is 5.75. The van der Waals surface area contributed by atoms with Crippen LogP contribution in [-0.4, -0.2) is 4.57 Å². The van der Waals surface area contributed by atoms with E-state index in [1.165, 1.54) is 5.56 Å². The molecule has 0 unspecified atom stereocenters. The number of hydrogen-bond donors (Lipinski definition) is 0. The van der Waals surface area contributed by atoms with Crippen LogP contribution in [0, 0.1) is 24.2 Å². The van der Waals surface area contributed by atoms with E-state index in [0.29, 0.717) is 18.0 Å². The summed E-state index contributed by atoms with van der Waals surface area (Å²) < 4.78 is 1.79. The van der Waals surface area contributed by atoms with E-state index in [0.717, 1.165) is 11.3 Å². The van der Waals surface area contributed by atoms with Crippen molar-refractivity contribution in [2.24, 2.45) is 5.92 Å². The van der Waals surface area contributed by atoms with Gasteiger partial charge in [0.25, 0.3) is 5.56 Å². The molecule has 21 heavy (non-hydrogen) atoms. The quantitative estimate of drug-likeness (QED) is 0.859. The summed E-state index contributed by atoms with van der Waals surface area (Å²) >= 11 is 0. The third kappa shape index (κ3) is 3.41. The first-order valence-corrected chi connectivity index (χ1v) is 7.19. The van der Waals surface area contributed by atoms with Crippen LogP contribution in [0.3, 0.4) is 0 Å². The van der Waals surface area contributed by atoms with Crippen molar-refractivity contribution in [3.63, 3.8) is 0 Å². The van der Waals surface area contributed by atoms with E-state index < -0.39 is 0 Å². The highest BCUT2D eigenvalue weighted by Crippen LogP contribution is 2.20. The minimum Gasteiger partial charge on any atom is -0.308 e. The Morgan fingerprint density at radius 3 is 2.38 bits per heavy atom. The smallest absolute Gasteiger partial charge is 0.255 e. The van der Waals surface area contributed by atoms with Gasteiger partial charge in [-0.25, -0.2) is 0 Å². The van der Waals surface area contributed by atoms with Crippen molar-refractivity contribution in [3.05, 3.63) is 57.9 Å². The Kier molecular flexibility index (Phi) is 4.59. The molecule has 0 radical (unpaired) electrons. The first-order valence-electron chi connectivity index (χ1n) is 7.19. The van der Waals surface area contributed by atoms with Crippen LogP contribution in [0.25, 0.3) is 11.3 Å². The van der Waals surface area contributed by atoms with Crippen molar-refractivity contribution in [3.8, 4) is 17.3 Å². The lowest BCUT2D eigenvalue weighted by atomic mass is 10.1. The maximum absolute atomic E-state index is 12.6. The summed E-state index contributed by atoms with van der Waals surface area (Å²) in [6, 6.07) is 13.9. The lowest BCUT2D eigenvalue weighted by molar-refractivity contribution is 0.513. The number of nitrogens with zero attached hydrogens (tertiary/aromatic N) is 2. The number of aryl methyl sites for hydroxylation is 1. The molecule has 108 valence electrons. The molecule has 3 heteroatoms. The summed E-state index contributed by atoms with van der Waals surface area (Å²) in [5.41, 5.74) is 3.65. The highest BCUT2D eigenvalue weighted by atomic mass is 16.1. The zero-order valence-corrected chi connectivity index (χ0v) is 12.8. The van der Waals surface area contributed by atoms with Crippen LogP contribution < -0.4 is 5.56 Å². The second-order valence-corrected chi connectivity index (χ2v) is 5.75. The third-order valence-electron chi connectivity index (χ3n) is 3.42. The van der Waals surface area contributed by atoms with Crippen molar-refractivity contribution >= 4 is 0 Å². The minimum atomic E-state index is -0.0525. The van der Waals surface area contributed by atoms with E-state index >= 15 is 0 Å². The van der Waals surface area contributed by atoms with Gasteiger partial charge in [0.1, 0.15) is 0 Å². The van der Waals surface area contributed by atoms with E-state index in [-0.39, 0.29) is 12.0 Å². The summed E-state index contributed by atoms with van der Waals surface area (Å²) in [5, 5.41) is 8.84. The summed E-state index contributed by atoms with van der Waals surface area (Å²) in [6.07, 6.45) is 0.158. The molecular weight excluding hydrogens is 260 g/mol. The largest absolute Gasteiger partial charge is 0.308 e. The van der Waals surface area contributed by atoms with E-state index in [9.17, 15) is 4.79 Å². The van der Waals surface area contributed by atoms with Crippen LogP contribution in [0.4, 0.5) is 0 Å². The molecule has 0 aliphatic rings. The summed E-state index contributed by atoms with van der Waals surface area (Å²) in [7, 11) is 0. The van der Waals surface area contributed by atoms with Crippen molar-refractivity contribution in [1.29, 1.82) is 5.26 Å². The minimum absolute atomic E-state index is 0.0525. The molecule has 0 fully saturated rings. The average Bonchev–Trinajstić information content (AvgIpc) is 2.44. The fourth-order valence-electron chi connectivity index (χ4n) is 2.37. The fourth-order valence-corrected chi connectivity index (χ4v) is 2.37. The van der Waals surface area contributed by atoms with Gasteiger partial charge in [-0.05, 0) is 24.5 Å². The number of benzene rings is 1. The van der Waals surface area contributed by atoms with Crippen LogP contribution >= 0.6 is 0 Å². The Morgan fingerprint density at radius 1 is 1.14 bits per heavy atom. The van der Waals surface area contributed by atoms with Crippen molar-refractivity contribution in [1.82, 2.24) is 4.57 Å². The number of hydrogen-bond acceptors (Lipinski definition) is 2. The van der Waals surface area contributed by atoms with Gasteiger partial charge in [-0.15, -0.1) is 0 Å². The molecule has 0 saturated carbocycles. The highest BCUT2D eigenvalue weighted by molar-refractivity contribution is 5.60. The zero-order valence-electron chi connectivity index (χ0n) is 12.8. The van der Waals surface area contributed by atoms with Crippen molar-refractivity contribution < 1.29 is 0 Å². The third-order valence-corrected chi connectivity index (χ3v) is 3.42. The lowest BCUT2D eigenvalue weighted by Gasteiger charge is -2.16. The molecule has 0 amide bonds. The summed E-state index contributed by atoms with van der Waals surface area (Å²) in [4.78, 5) is 12.6. The van der Waals surface area contributed by atoms with Crippen LogP contribution in [0.5, 0.6) is 0 Å². The number of nitriles is 1. The molecule has 0 aliphatic carbocycles. The molecular formula is C18H20N2O. The van der Waals surface area contributed by atoms with Gasteiger partial charge in [0, 0.05) is 12.1 Å². The monoisotopic (exact) mass is 280 g/mol. The normalized spacial score (nSPS) is 10.6. The standard InChI is InChI=1S/C18H20N2O/c1-13(2)12-20-17(15-6-4-14(3)5-7-15)9-8-16(10-11-19)18(20)21/h4-9,13H,10,12H2,1-3H3. The maximum atomic E-state index is 12.6. The average molecular weight is 280 g/mol. The van der Waals surface area contributed by atoms with E-state index in [2.05, 4.69) is 19.9 Å². The maximum Gasteiger partial charge on any atom is 0.255 e. The van der Waals surface area contributed by atoms with Gasteiger partial charge in [0.05, 0.1) is 18.2 Å². The van der Waals surface area contributed by atoms with Gasteiger partial charge in [0.2, 0.25) is 0 Å². The fraction of sp³-hybridized carbons (Fsp3) is 0.333. The molecule has 2 rings (SSSR count). The molecule has 0 spiro atoms. The predicted octanol–water partition coefficient (Wildman–Crippen LogP) is 3.55. The van der Waals surface area contributed by atoms with Crippen LogP contribution in [0.2, 0.25) is 0 Å². The molecule has 1 aromatic heterocycles. The van der Waals surface area contributed by atoms with E-state index in [4.69, 9.17) is 5.26 Å². The Hall–Kier alpha value is -2.34. The Labute approximate surface area is 125 Å². The van der Waals surface area contributed by atoms with E-state index in [1.54, 1.807) is 10.6 Å². The Morgan fingerprint density at radius 2 is 1.81 bits per heavy atom. The van der Waals surface area contributed by atoms with Crippen molar-refractivity contribution in [2.75, 3.05) is 0 Å². The molecule has 1 heterocycles. The van der Waals surface area contributed by atoms with Gasteiger partial charge >= 0.3 is 0 Å². The van der Waals surface area contributed by atoms with Gasteiger partial charge in [-0.3, -0.25) is 4.79 Å². The second kappa shape index (κ2) is 6.41. The first-order chi connectivity index (χ1) is 10.0. The van der Waals surface area contributed by atoms with Crippen LogP contribution in [0.1, 0.15) is 25.0 Å². The Balaban J connectivity index is 2.60. The molecule has 2 aromatic rings. The number of aromatic nitrogens is 1. The van der Waals surface area contributed by atoms with Crippen LogP contribution in [-0.2, 0) is 13.0 Å². The van der Waals surface area contributed by atoms with Gasteiger partial charge in [-0.2, -0.15) is 5.26 Å². The molecule has 0 atom stereocenters. The molecule has 0 N–H and O–H groups in total. The van der Waals surface area contributed by atoms with Crippen LogP contribution in [0.15, 0.2) is 41.2 Å². The molecule has 3 nitrogen and oxygen atoms in total. The molecule has 0 bridgehead atoms. The molecule has 0 saturated heterocycles.